The zero-order valence-electron chi connectivity index (χ0n) is 9.32. The Kier molecular flexibility index (Phi) is 2.78. The van der Waals surface area contributed by atoms with Gasteiger partial charge in [0.25, 0.3) is 0 Å². The number of amides is 2. The number of imide groups is 1. The highest BCUT2D eigenvalue weighted by molar-refractivity contribution is 5.95. The minimum Gasteiger partial charge on any atom is -0.316 e. The van der Waals surface area contributed by atoms with Gasteiger partial charge in [0, 0.05) is 19.9 Å². The van der Waals surface area contributed by atoms with Gasteiger partial charge >= 0.3 is 0 Å². The lowest BCUT2D eigenvalue weighted by molar-refractivity contribution is -0.144. The fourth-order valence-corrected chi connectivity index (χ4v) is 2.80. The summed E-state index contributed by atoms with van der Waals surface area (Å²) in [5.41, 5.74) is 0. The normalized spacial score (nSPS) is 33.9. The molecule has 1 unspecified atom stereocenters. The van der Waals surface area contributed by atoms with Crippen molar-refractivity contribution in [3.05, 3.63) is 0 Å². The Morgan fingerprint density at radius 3 is 2.20 bits per heavy atom. The van der Waals surface area contributed by atoms with Crippen LogP contribution in [0.2, 0.25) is 0 Å². The van der Waals surface area contributed by atoms with Crippen LogP contribution in [-0.2, 0) is 9.59 Å². The van der Waals surface area contributed by atoms with Crippen molar-refractivity contribution in [1.82, 2.24) is 10.2 Å². The van der Waals surface area contributed by atoms with Crippen LogP contribution in [0.1, 0.15) is 19.8 Å². The van der Waals surface area contributed by atoms with E-state index in [-0.39, 0.29) is 17.7 Å². The summed E-state index contributed by atoms with van der Waals surface area (Å²) in [5.74, 6) is 1.24. The number of hydrogen-bond donors (Lipinski definition) is 1. The van der Waals surface area contributed by atoms with Crippen molar-refractivity contribution in [1.29, 1.82) is 0 Å². The van der Waals surface area contributed by atoms with Crippen LogP contribution < -0.4 is 5.32 Å². The topological polar surface area (TPSA) is 49.4 Å². The molecule has 0 spiro atoms. The maximum absolute atomic E-state index is 11.9. The van der Waals surface area contributed by atoms with Gasteiger partial charge in [0.15, 0.2) is 0 Å². The van der Waals surface area contributed by atoms with Crippen molar-refractivity contribution in [3.63, 3.8) is 0 Å². The summed E-state index contributed by atoms with van der Waals surface area (Å²) < 4.78 is 0. The van der Waals surface area contributed by atoms with Gasteiger partial charge in [0.1, 0.15) is 0 Å². The third kappa shape index (κ3) is 1.91. The van der Waals surface area contributed by atoms with Crippen molar-refractivity contribution < 1.29 is 9.59 Å². The number of hydrogen-bond acceptors (Lipinski definition) is 3. The van der Waals surface area contributed by atoms with Gasteiger partial charge in [-0.25, -0.2) is 0 Å². The fraction of sp³-hybridized carbons (Fsp3) is 0.818. The summed E-state index contributed by atoms with van der Waals surface area (Å²) >= 11 is 0. The van der Waals surface area contributed by atoms with Crippen LogP contribution in [0.5, 0.6) is 0 Å². The molecule has 2 aliphatic rings. The van der Waals surface area contributed by atoms with Crippen LogP contribution in [0.3, 0.4) is 0 Å². The third-order valence-electron chi connectivity index (χ3n) is 3.81. The van der Waals surface area contributed by atoms with E-state index in [9.17, 15) is 9.59 Å². The molecule has 4 heteroatoms. The maximum Gasteiger partial charge on any atom is 0.232 e. The molecule has 15 heavy (non-hydrogen) atoms. The van der Waals surface area contributed by atoms with Crippen LogP contribution >= 0.6 is 0 Å². The van der Waals surface area contributed by atoms with Crippen LogP contribution in [-0.4, -0.2) is 36.9 Å². The molecule has 3 atom stereocenters. The Bertz CT molecular complexity index is 278. The summed E-state index contributed by atoms with van der Waals surface area (Å²) in [4.78, 5) is 24.2. The Balaban J connectivity index is 1.96. The van der Waals surface area contributed by atoms with E-state index in [1.165, 1.54) is 11.8 Å². The Morgan fingerprint density at radius 1 is 1.20 bits per heavy atom. The van der Waals surface area contributed by atoms with Crippen LogP contribution in [0.15, 0.2) is 0 Å². The molecule has 4 nitrogen and oxygen atoms in total. The molecule has 0 radical (unpaired) electrons. The summed E-state index contributed by atoms with van der Waals surface area (Å²) in [6, 6.07) is 0. The fourth-order valence-electron chi connectivity index (χ4n) is 2.80. The van der Waals surface area contributed by atoms with E-state index in [1.54, 1.807) is 7.05 Å². The van der Waals surface area contributed by atoms with E-state index in [1.807, 2.05) is 0 Å². The Hall–Kier alpha value is -0.900. The van der Waals surface area contributed by atoms with E-state index in [0.717, 1.165) is 25.9 Å². The van der Waals surface area contributed by atoms with E-state index in [4.69, 9.17) is 0 Å². The number of rotatable bonds is 1. The maximum atomic E-state index is 11.9. The molecule has 0 aromatic rings. The highest BCUT2D eigenvalue weighted by Gasteiger charge is 2.41. The molecule has 1 saturated carbocycles. The highest BCUT2D eigenvalue weighted by Crippen LogP contribution is 2.39. The van der Waals surface area contributed by atoms with Gasteiger partial charge in [-0.2, -0.15) is 0 Å². The number of fused-ring (bicyclic) bond motifs is 1. The molecule has 2 amide bonds. The van der Waals surface area contributed by atoms with Gasteiger partial charge in [0.05, 0.1) is 0 Å². The minimum atomic E-state index is -0.157. The smallest absolute Gasteiger partial charge is 0.232 e. The lowest BCUT2D eigenvalue weighted by atomic mass is 10.0. The van der Waals surface area contributed by atoms with Gasteiger partial charge in [-0.1, -0.05) is 0 Å². The minimum absolute atomic E-state index is 0.0110. The molecule has 1 aliphatic heterocycles. The molecule has 0 bridgehead atoms. The monoisotopic (exact) mass is 210 g/mol. The van der Waals surface area contributed by atoms with Gasteiger partial charge in [0.2, 0.25) is 11.8 Å². The second kappa shape index (κ2) is 3.93. The molecule has 0 aromatic carbocycles. The molecule has 1 heterocycles. The summed E-state index contributed by atoms with van der Waals surface area (Å²) in [5, 5.41) is 3.34. The average Bonchev–Trinajstić information content (AvgIpc) is 2.74. The number of nitrogens with zero attached hydrogens (tertiary/aromatic N) is 1. The van der Waals surface area contributed by atoms with Crippen LogP contribution in [0, 0.1) is 17.8 Å². The standard InChI is InChI=1S/C11H18N2O2/c1-7(14)13(2)11(15)8-3-9-5-12-6-10(9)4-8/h8-10,12H,3-6H2,1-2H3/t8?,9-,10+. The lowest BCUT2D eigenvalue weighted by Gasteiger charge is -2.18. The third-order valence-corrected chi connectivity index (χ3v) is 3.81. The molecule has 2 fully saturated rings. The predicted molar refractivity (Wildman–Crippen MR) is 56.0 cm³/mol. The van der Waals surface area contributed by atoms with Crippen molar-refractivity contribution >= 4 is 11.8 Å². The zero-order chi connectivity index (χ0) is 11.0. The first kappa shape index (κ1) is 10.6. The van der Waals surface area contributed by atoms with E-state index < -0.39 is 0 Å². The molecule has 1 N–H and O–H groups in total. The van der Waals surface area contributed by atoms with Crippen molar-refractivity contribution in [2.24, 2.45) is 17.8 Å². The first-order valence-corrected chi connectivity index (χ1v) is 5.58. The zero-order valence-corrected chi connectivity index (χ0v) is 9.32. The molecule has 2 rings (SSSR count). The second-order valence-corrected chi connectivity index (χ2v) is 4.76. The first-order chi connectivity index (χ1) is 7.09. The number of nitrogens with one attached hydrogen (secondary N) is 1. The molecule has 84 valence electrons. The summed E-state index contributed by atoms with van der Waals surface area (Å²) in [6.45, 7) is 3.52. The van der Waals surface area contributed by atoms with Gasteiger partial charge in [-0.15, -0.1) is 0 Å². The van der Waals surface area contributed by atoms with Crippen LogP contribution in [0.25, 0.3) is 0 Å². The van der Waals surface area contributed by atoms with Crippen LogP contribution in [0.4, 0.5) is 0 Å². The number of carbonyl (C=O) groups excluding carboxylic acids is 2. The van der Waals surface area contributed by atoms with E-state index >= 15 is 0 Å². The van der Waals surface area contributed by atoms with Crippen molar-refractivity contribution in [2.75, 3.05) is 20.1 Å². The lowest BCUT2D eigenvalue weighted by Crippen LogP contribution is -2.36. The summed E-state index contributed by atoms with van der Waals surface area (Å²) in [7, 11) is 1.58. The predicted octanol–water partition coefficient (Wildman–Crippen LogP) is 0.237. The highest BCUT2D eigenvalue weighted by atomic mass is 16.2. The van der Waals surface area contributed by atoms with Gasteiger partial charge < -0.3 is 5.32 Å². The largest absolute Gasteiger partial charge is 0.316 e. The molecule has 1 aliphatic carbocycles. The molecule has 1 saturated heterocycles. The molecule has 0 aromatic heterocycles. The Labute approximate surface area is 90.0 Å². The molecular weight excluding hydrogens is 192 g/mol. The van der Waals surface area contributed by atoms with Gasteiger partial charge in [-0.05, 0) is 37.8 Å². The number of carbonyl (C=O) groups is 2. The Morgan fingerprint density at radius 2 is 1.73 bits per heavy atom. The SMILES string of the molecule is CC(=O)N(C)C(=O)C1C[C@H]2CNC[C@H]2C1. The quantitative estimate of drug-likeness (QED) is 0.674. The van der Waals surface area contributed by atoms with E-state index in [0.29, 0.717) is 11.8 Å². The summed E-state index contributed by atoms with van der Waals surface area (Å²) in [6.07, 6.45) is 1.90. The van der Waals surface area contributed by atoms with Gasteiger partial charge in [-0.3, -0.25) is 14.5 Å². The molecular formula is C11H18N2O2. The average molecular weight is 210 g/mol. The van der Waals surface area contributed by atoms with Crippen molar-refractivity contribution in [2.45, 2.75) is 19.8 Å². The first-order valence-electron chi connectivity index (χ1n) is 5.58. The van der Waals surface area contributed by atoms with E-state index in [2.05, 4.69) is 5.32 Å². The second-order valence-electron chi connectivity index (χ2n) is 4.76. The van der Waals surface area contributed by atoms with Crippen molar-refractivity contribution in [3.8, 4) is 0 Å².